The topological polar surface area (TPSA) is 12.4 Å². The van der Waals surface area contributed by atoms with Gasteiger partial charge < -0.3 is 0 Å². The van der Waals surface area contributed by atoms with Crippen molar-refractivity contribution in [3.05, 3.63) is 12.3 Å². The zero-order valence-electron chi connectivity index (χ0n) is 7.17. The summed E-state index contributed by atoms with van der Waals surface area (Å²) in [5, 5.41) is 0. The summed E-state index contributed by atoms with van der Waals surface area (Å²) in [4.78, 5) is 4.13. The average molecular weight is 139 g/mol. The van der Waals surface area contributed by atoms with Gasteiger partial charge in [-0.05, 0) is 18.8 Å². The van der Waals surface area contributed by atoms with Gasteiger partial charge in [-0.25, -0.2) is 0 Å². The summed E-state index contributed by atoms with van der Waals surface area (Å²) < 4.78 is 0. The van der Waals surface area contributed by atoms with Crippen LogP contribution in [0.4, 0.5) is 0 Å². The van der Waals surface area contributed by atoms with E-state index in [0.29, 0.717) is 5.92 Å². The Balaban J connectivity index is 3.44. The minimum absolute atomic E-state index is 0.613. The number of hydrogen-bond acceptors (Lipinski definition) is 1. The Morgan fingerprint density at radius 3 is 2.60 bits per heavy atom. The van der Waals surface area contributed by atoms with Crippen LogP contribution in [0.5, 0.6) is 0 Å². The first-order valence-corrected chi connectivity index (χ1v) is 3.99. The lowest BCUT2D eigenvalue weighted by Crippen LogP contribution is -1.90. The molecule has 0 fully saturated rings. The van der Waals surface area contributed by atoms with Crippen molar-refractivity contribution in [1.29, 1.82) is 0 Å². The van der Waals surface area contributed by atoms with Gasteiger partial charge in [-0.2, -0.15) is 0 Å². The molecule has 0 rings (SSSR count). The molecular weight excluding hydrogens is 122 g/mol. The van der Waals surface area contributed by atoms with E-state index in [0.717, 1.165) is 6.42 Å². The number of rotatable bonds is 4. The number of hydrogen-bond donors (Lipinski definition) is 0. The Labute approximate surface area is 63.9 Å². The molecule has 0 amide bonds. The van der Waals surface area contributed by atoms with Gasteiger partial charge in [0.05, 0.1) is 0 Å². The highest BCUT2D eigenvalue weighted by Crippen LogP contribution is 1.95. The van der Waals surface area contributed by atoms with E-state index in [1.807, 2.05) is 12.4 Å². The third-order valence-electron chi connectivity index (χ3n) is 1.41. The van der Waals surface area contributed by atoms with Gasteiger partial charge in [0.2, 0.25) is 0 Å². The van der Waals surface area contributed by atoms with Crippen molar-refractivity contribution in [3.8, 4) is 0 Å². The molecule has 0 bridgehead atoms. The van der Waals surface area contributed by atoms with Crippen molar-refractivity contribution in [1.82, 2.24) is 0 Å². The minimum Gasteiger partial charge on any atom is -0.269 e. The van der Waals surface area contributed by atoms with E-state index in [-0.39, 0.29) is 0 Å². The normalized spacial score (nSPS) is 15.1. The van der Waals surface area contributed by atoms with E-state index in [1.165, 1.54) is 6.42 Å². The zero-order chi connectivity index (χ0) is 7.82. The minimum atomic E-state index is 0.613. The molecule has 58 valence electrons. The molecule has 0 radical (unpaired) electrons. The van der Waals surface area contributed by atoms with Crippen LogP contribution in [0.2, 0.25) is 0 Å². The Hall–Kier alpha value is -0.590. The average Bonchev–Trinajstić information content (AvgIpc) is 1.98. The van der Waals surface area contributed by atoms with Crippen molar-refractivity contribution in [3.63, 3.8) is 0 Å². The first kappa shape index (κ1) is 9.41. The first-order valence-electron chi connectivity index (χ1n) is 3.99. The molecule has 0 aromatic heterocycles. The van der Waals surface area contributed by atoms with Gasteiger partial charge in [-0.3, -0.25) is 4.99 Å². The summed E-state index contributed by atoms with van der Waals surface area (Å²) in [6, 6.07) is 0. The maximum absolute atomic E-state index is 4.13. The quantitative estimate of drug-likeness (QED) is 0.531. The molecular formula is C9H17N. The zero-order valence-corrected chi connectivity index (χ0v) is 7.17. The fraction of sp³-hybridized carbons (Fsp3) is 0.667. The predicted octanol–water partition coefficient (Wildman–Crippen LogP) is 3.03. The van der Waals surface area contributed by atoms with E-state index in [4.69, 9.17) is 0 Å². The number of allylic oxidation sites excluding steroid dienone is 1. The molecule has 0 aliphatic rings. The molecule has 0 aliphatic carbocycles. The molecule has 0 aromatic carbocycles. The molecule has 1 heteroatoms. The van der Waals surface area contributed by atoms with Gasteiger partial charge in [0.15, 0.2) is 0 Å². The largest absolute Gasteiger partial charge is 0.269 e. The number of nitrogens with zero attached hydrogens (tertiary/aromatic N) is 1. The Morgan fingerprint density at radius 1 is 1.40 bits per heavy atom. The van der Waals surface area contributed by atoms with Crippen molar-refractivity contribution < 1.29 is 0 Å². The van der Waals surface area contributed by atoms with Crippen molar-refractivity contribution in [2.75, 3.05) is 0 Å². The molecule has 0 N–H and O–H groups in total. The highest BCUT2D eigenvalue weighted by atomic mass is 14.7. The van der Waals surface area contributed by atoms with Gasteiger partial charge in [-0.1, -0.05) is 26.8 Å². The summed E-state index contributed by atoms with van der Waals surface area (Å²) in [5.74, 6) is 0.613. The van der Waals surface area contributed by atoms with Crippen LogP contribution in [-0.4, -0.2) is 6.21 Å². The molecule has 10 heavy (non-hydrogen) atoms. The van der Waals surface area contributed by atoms with Crippen LogP contribution in [0.15, 0.2) is 17.3 Å². The van der Waals surface area contributed by atoms with E-state index in [9.17, 15) is 0 Å². The van der Waals surface area contributed by atoms with E-state index < -0.39 is 0 Å². The van der Waals surface area contributed by atoms with Crippen molar-refractivity contribution >= 4 is 6.21 Å². The Bertz CT molecular complexity index is 114. The predicted molar refractivity (Wildman–Crippen MR) is 47.4 cm³/mol. The summed E-state index contributed by atoms with van der Waals surface area (Å²) in [5.41, 5.74) is 0. The third-order valence-corrected chi connectivity index (χ3v) is 1.41. The van der Waals surface area contributed by atoms with Crippen LogP contribution < -0.4 is 0 Å². The highest BCUT2D eigenvalue weighted by molar-refractivity contribution is 5.60. The van der Waals surface area contributed by atoms with E-state index >= 15 is 0 Å². The van der Waals surface area contributed by atoms with E-state index in [2.05, 4.69) is 31.8 Å². The smallest absolute Gasteiger partial charge is 0.0223 e. The summed E-state index contributed by atoms with van der Waals surface area (Å²) in [6.07, 6.45) is 8.15. The monoisotopic (exact) mass is 139 g/mol. The van der Waals surface area contributed by atoms with Crippen LogP contribution >= 0.6 is 0 Å². The lowest BCUT2D eigenvalue weighted by atomic mass is 10.1. The molecule has 0 spiro atoms. The standard InChI is InChI=1S/C9H17N/c1-4-6-7-10-8-9(3)5-2/h6-9H,4-5H2,1-3H3/b7-6-,10-8-. The Morgan fingerprint density at radius 2 is 2.10 bits per heavy atom. The highest BCUT2D eigenvalue weighted by Gasteiger charge is 1.88. The van der Waals surface area contributed by atoms with Crippen LogP contribution in [0.3, 0.4) is 0 Å². The lowest BCUT2D eigenvalue weighted by Gasteiger charge is -1.95. The molecule has 1 unspecified atom stereocenters. The summed E-state index contributed by atoms with van der Waals surface area (Å²) in [6.45, 7) is 6.44. The second-order valence-corrected chi connectivity index (χ2v) is 2.48. The fourth-order valence-corrected chi connectivity index (χ4v) is 0.468. The van der Waals surface area contributed by atoms with Gasteiger partial charge >= 0.3 is 0 Å². The first-order chi connectivity index (χ1) is 4.81. The lowest BCUT2D eigenvalue weighted by molar-refractivity contribution is 0.754. The second-order valence-electron chi connectivity index (χ2n) is 2.48. The maximum atomic E-state index is 4.13. The van der Waals surface area contributed by atoms with Crippen LogP contribution in [0, 0.1) is 5.92 Å². The molecule has 0 saturated carbocycles. The molecule has 1 atom stereocenters. The molecule has 1 nitrogen and oxygen atoms in total. The summed E-state index contributed by atoms with van der Waals surface area (Å²) >= 11 is 0. The SMILES string of the molecule is CC/C=C\N=C/C(C)CC. The molecule has 0 heterocycles. The fourth-order valence-electron chi connectivity index (χ4n) is 0.468. The molecule has 0 saturated heterocycles. The number of aliphatic imine (C=N–C) groups is 1. The summed E-state index contributed by atoms with van der Waals surface area (Å²) in [7, 11) is 0. The van der Waals surface area contributed by atoms with Crippen molar-refractivity contribution in [2.45, 2.75) is 33.6 Å². The second kappa shape index (κ2) is 6.53. The van der Waals surface area contributed by atoms with Gasteiger partial charge in [0.25, 0.3) is 0 Å². The van der Waals surface area contributed by atoms with Crippen LogP contribution in [-0.2, 0) is 0 Å². The van der Waals surface area contributed by atoms with Gasteiger partial charge in [-0.15, -0.1) is 0 Å². The van der Waals surface area contributed by atoms with Gasteiger partial charge in [0.1, 0.15) is 0 Å². The Kier molecular flexibility index (Phi) is 6.14. The van der Waals surface area contributed by atoms with Gasteiger partial charge in [0, 0.05) is 12.4 Å². The maximum Gasteiger partial charge on any atom is 0.0223 e. The van der Waals surface area contributed by atoms with Crippen LogP contribution in [0.1, 0.15) is 33.6 Å². The van der Waals surface area contributed by atoms with Crippen molar-refractivity contribution in [2.24, 2.45) is 10.9 Å². The van der Waals surface area contributed by atoms with Crippen LogP contribution in [0.25, 0.3) is 0 Å². The third kappa shape index (κ3) is 5.54. The van der Waals surface area contributed by atoms with E-state index in [1.54, 1.807) is 0 Å². The molecule has 0 aliphatic heterocycles. The molecule has 0 aromatic rings.